The van der Waals surface area contributed by atoms with E-state index in [4.69, 9.17) is 0 Å². The molecule has 0 aromatic carbocycles. The van der Waals surface area contributed by atoms with E-state index in [2.05, 4.69) is 24.1 Å². The Bertz CT molecular complexity index is 810. The topological polar surface area (TPSA) is 34.4 Å². The van der Waals surface area contributed by atoms with Gasteiger partial charge in [0.2, 0.25) is 0 Å². The molecule has 0 atom stereocenters. The summed E-state index contributed by atoms with van der Waals surface area (Å²) in [5.41, 5.74) is 5.43. The first kappa shape index (κ1) is 16.2. The number of aromatic nitrogens is 2. The molecular formula is C19H24N2O. The van der Waals surface area contributed by atoms with Gasteiger partial charge >= 0.3 is 0 Å². The van der Waals surface area contributed by atoms with Gasteiger partial charge in [-0.3, -0.25) is 9.20 Å². The summed E-state index contributed by atoms with van der Waals surface area (Å²) in [6.45, 7) is 9.92. The van der Waals surface area contributed by atoms with Crippen molar-refractivity contribution in [2.75, 3.05) is 0 Å². The molecule has 0 unspecified atom stereocenters. The van der Waals surface area contributed by atoms with Crippen molar-refractivity contribution < 1.29 is 0 Å². The lowest BCUT2D eigenvalue weighted by Crippen LogP contribution is -2.23. The summed E-state index contributed by atoms with van der Waals surface area (Å²) in [7, 11) is 0. The molecule has 2 heterocycles. The second-order valence-corrected chi connectivity index (χ2v) is 5.32. The molecule has 1 aliphatic carbocycles. The molecule has 22 heavy (non-hydrogen) atoms. The van der Waals surface area contributed by atoms with E-state index in [0.717, 1.165) is 35.4 Å². The number of hydrogen-bond acceptors (Lipinski definition) is 2. The zero-order valence-corrected chi connectivity index (χ0v) is 14.1. The maximum Gasteiger partial charge on any atom is 0.266 e. The molecule has 1 aliphatic rings. The van der Waals surface area contributed by atoms with E-state index >= 15 is 0 Å². The average molecular weight is 296 g/mol. The minimum absolute atomic E-state index is 0.0338. The maximum atomic E-state index is 12.9. The van der Waals surface area contributed by atoms with Crippen LogP contribution in [0.2, 0.25) is 0 Å². The van der Waals surface area contributed by atoms with Crippen LogP contribution in [0.3, 0.4) is 0 Å². The molecule has 116 valence electrons. The SMILES string of the molecule is CC.CC1=CCCC=C1c1c(C)nc2cccc(C)n2c1=O. The van der Waals surface area contributed by atoms with Gasteiger partial charge in [0, 0.05) is 5.69 Å². The summed E-state index contributed by atoms with van der Waals surface area (Å²) >= 11 is 0. The summed E-state index contributed by atoms with van der Waals surface area (Å²) < 4.78 is 1.70. The number of rotatable bonds is 1. The van der Waals surface area contributed by atoms with Crippen molar-refractivity contribution in [1.29, 1.82) is 0 Å². The van der Waals surface area contributed by atoms with E-state index in [1.807, 2.05) is 45.9 Å². The molecule has 0 radical (unpaired) electrons. The fraction of sp³-hybridized carbons (Fsp3) is 0.368. The van der Waals surface area contributed by atoms with E-state index in [-0.39, 0.29) is 5.56 Å². The average Bonchev–Trinajstić information content (AvgIpc) is 2.51. The first-order chi connectivity index (χ1) is 10.6. The Hall–Kier alpha value is -2.16. The number of hydrogen-bond donors (Lipinski definition) is 0. The number of pyridine rings is 1. The highest BCUT2D eigenvalue weighted by Gasteiger charge is 2.17. The predicted molar refractivity (Wildman–Crippen MR) is 93.3 cm³/mol. The molecule has 0 saturated heterocycles. The second-order valence-electron chi connectivity index (χ2n) is 5.32. The van der Waals surface area contributed by atoms with E-state index in [9.17, 15) is 4.79 Å². The maximum absolute atomic E-state index is 12.9. The highest BCUT2D eigenvalue weighted by atomic mass is 16.1. The van der Waals surface area contributed by atoms with Crippen LogP contribution in [0.15, 0.2) is 40.7 Å². The van der Waals surface area contributed by atoms with Crippen LogP contribution in [0.5, 0.6) is 0 Å². The van der Waals surface area contributed by atoms with Crippen molar-refractivity contribution >= 4 is 11.2 Å². The monoisotopic (exact) mass is 296 g/mol. The van der Waals surface area contributed by atoms with Crippen LogP contribution < -0.4 is 5.56 Å². The Morgan fingerprint density at radius 3 is 2.41 bits per heavy atom. The van der Waals surface area contributed by atoms with E-state index < -0.39 is 0 Å². The smallest absolute Gasteiger partial charge is 0.266 e. The lowest BCUT2D eigenvalue weighted by Gasteiger charge is -2.16. The third-order valence-electron chi connectivity index (χ3n) is 3.89. The van der Waals surface area contributed by atoms with Crippen molar-refractivity contribution in [1.82, 2.24) is 9.38 Å². The Labute approximate surface area is 132 Å². The largest absolute Gasteiger partial charge is 0.268 e. The van der Waals surface area contributed by atoms with Crippen LogP contribution in [0.1, 0.15) is 50.6 Å². The molecular weight excluding hydrogens is 272 g/mol. The molecule has 3 nitrogen and oxygen atoms in total. The van der Waals surface area contributed by atoms with Gasteiger partial charge in [-0.05, 0) is 56.9 Å². The van der Waals surface area contributed by atoms with E-state index in [1.165, 1.54) is 5.57 Å². The van der Waals surface area contributed by atoms with Crippen molar-refractivity contribution in [2.24, 2.45) is 0 Å². The first-order valence-corrected chi connectivity index (χ1v) is 7.96. The third-order valence-corrected chi connectivity index (χ3v) is 3.89. The molecule has 0 bridgehead atoms. The molecule has 0 saturated carbocycles. The lowest BCUT2D eigenvalue weighted by atomic mass is 9.93. The molecule has 0 N–H and O–H groups in total. The standard InChI is InChI=1S/C17H18N2O.C2H6/c1-11-7-4-5-9-14(11)16-13(3)18-15-10-6-8-12(2)19(15)17(16)20;1-2/h6-10H,4-5H2,1-3H3;1-2H3. The fourth-order valence-corrected chi connectivity index (χ4v) is 2.86. The number of fused-ring (bicyclic) bond motifs is 1. The van der Waals surface area contributed by atoms with Crippen molar-refractivity contribution in [3.63, 3.8) is 0 Å². The normalized spacial score (nSPS) is 14.0. The summed E-state index contributed by atoms with van der Waals surface area (Å²) in [5, 5.41) is 0. The van der Waals surface area contributed by atoms with Crippen molar-refractivity contribution in [3.8, 4) is 0 Å². The van der Waals surface area contributed by atoms with E-state index in [0.29, 0.717) is 5.65 Å². The van der Waals surface area contributed by atoms with Gasteiger partial charge in [0.15, 0.2) is 0 Å². The van der Waals surface area contributed by atoms with Gasteiger partial charge in [-0.25, -0.2) is 4.98 Å². The Balaban J connectivity index is 0.000000847. The zero-order valence-electron chi connectivity index (χ0n) is 14.1. The van der Waals surface area contributed by atoms with Crippen LogP contribution in [-0.4, -0.2) is 9.38 Å². The molecule has 0 spiro atoms. The molecule has 2 aromatic rings. The van der Waals surface area contributed by atoms with Gasteiger partial charge in [0.05, 0.1) is 11.3 Å². The fourth-order valence-electron chi connectivity index (χ4n) is 2.86. The summed E-state index contributed by atoms with van der Waals surface area (Å²) in [5.74, 6) is 0. The van der Waals surface area contributed by atoms with Crippen LogP contribution in [0.4, 0.5) is 0 Å². The van der Waals surface area contributed by atoms with Gasteiger partial charge in [-0.15, -0.1) is 0 Å². The zero-order chi connectivity index (χ0) is 16.3. The van der Waals surface area contributed by atoms with Gasteiger partial charge in [-0.1, -0.05) is 32.1 Å². The summed E-state index contributed by atoms with van der Waals surface area (Å²) in [4.78, 5) is 17.5. The third kappa shape index (κ3) is 2.76. The predicted octanol–water partition coefficient (Wildman–Crippen LogP) is 4.46. The summed E-state index contributed by atoms with van der Waals surface area (Å²) in [6, 6.07) is 5.75. The second kappa shape index (κ2) is 6.73. The highest BCUT2D eigenvalue weighted by Crippen LogP contribution is 2.27. The van der Waals surface area contributed by atoms with Gasteiger partial charge < -0.3 is 0 Å². The quantitative estimate of drug-likeness (QED) is 0.778. The van der Waals surface area contributed by atoms with Crippen molar-refractivity contribution in [2.45, 2.75) is 47.5 Å². The molecule has 2 aromatic heterocycles. The Morgan fingerprint density at radius 1 is 1.05 bits per heavy atom. The molecule has 0 amide bonds. The van der Waals surface area contributed by atoms with Crippen LogP contribution in [0, 0.1) is 13.8 Å². The number of nitrogens with zero attached hydrogens (tertiary/aromatic N) is 2. The molecule has 0 aliphatic heterocycles. The van der Waals surface area contributed by atoms with Gasteiger partial charge in [-0.2, -0.15) is 0 Å². The van der Waals surface area contributed by atoms with Crippen LogP contribution in [0.25, 0.3) is 11.2 Å². The van der Waals surface area contributed by atoms with Gasteiger partial charge in [0.25, 0.3) is 5.56 Å². The Kier molecular flexibility index (Phi) is 4.96. The van der Waals surface area contributed by atoms with Crippen LogP contribution >= 0.6 is 0 Å². The van der Waals surface area contributed by atoms with Crippen molar-refractivity contribution in [3.05, 3.63) is 63.2 Å². The number of aryl methyl sites for hydroxylation is 2. The molecule has 3 rings (SSSR count). The first-order valence-electron chi connectivity index (χ1n) is 7.96. The minimum Gasteiger partial charge on any atom is -0.268 e. The summed E-state index contributed by atoms with van der Waals surface area (Å²) in [6.07, 6.45) is 6.39. The molecule has 3 heteroatoms. The Morgan fingerprint density at radius 2 is 1.73 bits per heavy atom. The minimum atomic E-state index is 0.0338. The number of allylic oxidation sites excluding steroid dienone is 4. The molecule has 0 fully saturated rings. The lowest BCUT2D eigenvalue weighted by molar-refractivity contribution is 0.955. The van der Waals surface area contributed by atoms with E-state index in [1.54, 1.807) is 4.40 Å². The van der Waals surface area contributed by atoms with Gasteiger partial charge in [0.1, 0.15) is 5.65 Å². The highest BCUT2D eigenvalue weighted by molar-refractivity contribution is 5.80. The van der Waals surface area contributed by atoms with Crippen LogP contribution in [-0.2, 0) is 0 Å².